The van der Waals surface area contributed by atoms with Crippen LogP contribution >= 0.6 is 24.0 Å². The van der Waals surface area contributed by atoms with E-state index < -0.39 is 0 Å². The number of aliphatic imine (C=N–C) groups is 1. The molecule has 7 heteroatoms. The van der Waals surface area contributed by atoms with E-state index in [0.29, 0.717) is 18.5 Å². The first-order valence-corrected chi connectivity index (χ1v) is 8.61. The summed E-state index contributed by atoms with van der Waals surface area (Å²) >= 11 is 0. The van der Waals surface area contributed by atoms with Gasteiger partial charge in [0.25, 0.3) is 0 Å². The molecule has 1 unspecified atom stereocenters. The van der Waals surface area contributed by atoms with Gasteiger partial charge in [-0.3, -0.25) is 9.79 Å². The van der Waals surface area contributed by atoms with E-state index in [9.17, 15) is 4.79 Å². The van der Waals surface area contributed by atoms with Crippen molar-refractivity contribution in [3.05, 3.63) is 0 Å². The number of hydrogen-bond acceptors (Lipinski definition) is 3. The fraction of sp³-hybridized carbons (Fsp3) is 0.875. The molecule has 0 aromatic heterocycles. The predicted molar refractivity (Wildman–Crippen MR) is 101 cm³/mol. The second kappa shape index (κ2) is 8.50. The molecular formula is C16H29IN4O2. The lowest BCUT2D eigenvalue weighted by atomic mass is 9.87. The van der Waals surface area contributed by atoms with Gasteiger partial charge < -0.3 is 20.3 Å². The average Bonchev–Trinajstić information content (AvgIpc) is 3.15. The first-order valence-electron chi connectivity index (χ1n) is 8.61. The molecule has 3 rings (SSSR count). The predicted octanol–water partition coefficient (Wildman–Crippen LogP) is 1.21. The summed E-state index contributed by atoms with van der Waals surface area (Å²) in [6, 6.07) is 0. The van der Waals surface area contributed by atoms with Crippen molar-refractivity contribution in [3.8, 4) is 0 Å². The van der Waals surface area contributed by atoms with Gasteiger partial charge in [0.15, 0.2) is 5.96 Å². The molecular weight excluding hydrogens is 407 g/mol. The highest BCUT2D eigenvalue weighted by molar-refractivity contribution is 14.0. The van der Waals surface area contributed by atoms with Crippen LogP contribution in [0, 0.1) is 11.3 Å². The molecule has 0 aromatic carbocycles. The molecule has 0 aromatic rings. The summed E-state index contributed by atoms with van der Waals surface area (Å²) in [6.45, 7) is 8.10. The summed E-state index contributed by atoms with van der Waals surface area (Å²) in [5, 5.41) is 6.35. The average molecular weight is 436 g/mol. The third-order valence-electron chi connectivity index (χ3n) is 4.88. The Morgan fingerprint density at radius 1 is 1.35 bits per heavy atom. The van der Waals surface area contributed by atoms with E-state index in [1.807, 2.05) is 0 Å². The maximum absolute atomic E-state index is 11.6. The highest BCUT2D eigenvalue weighted by Crippen LogP contribution is 2.38. The molecule has 2 aliphatic heterocycles. The largest absolute Gasteiger partial charge is 0.381 e. The third-order valence-corrected chi connectivity index (χ3v) is 4.88. The van der Waals surface area contributed by atoms with Gasteiger partial charge in [0.2, 0.25) is 5.91 Å². The van der Waals surface area contributed by atoms with Crippen molar-refractivity contribution in [2.45, 2.75) is 32.6 Å². The molecule has 2 saturated heterocycles. The Hall–Kier alpha value is -0.570. The van der Waals surface area contributed by atoms with Gasteiger partial charge in [-0.05, 0) is 32.6 Å². The summed E-state index contributed by atoms with van der Waals surface area (Å²) in [5.74, 6) is 1.45. The van der Waals surface area contributed by atoms with E-state index in [4.69, 9.17) is 4.74 Å². The highest BCUT2D eigenvalue weighted by Gasteiger charge is 2.42. The molecule has 1 spiro atoms. The number of guanidine groups is 1. The fourth-order valence-corrected chi connectivity index (χ4v) is 3.34. The zero-order valence-corrected chi connectivity index (χ0v) is 16.3. The number of rotatable bonds is 5. The zero-order valence-electron chi connectivity index (χ0n) is 14.0. The van der Waals surface area contributed by atoms with Crippen LogP contribution in [-0.2, 0) is 9.53 Å². The van der Waals surface area contributed by atoms with Gasteiger partial charge in [-0.2, -0.15) is 0 Å². The van der Waals surface area contributed by atoms with Gasteiger partial charge in [0, 0.05) is 44.1 Å². The molecule has 1 aliphatic carbocycles. The van der Waals surface area contributed by atoms with Crippen molar-refractivity contribution in [3.63, 3.8) is 0 Å². The third kappa shape index (κ3) is 4.95. The summed E-state index contributed by atoms with van der Waals surface area (Å²) in [5.41, 5.74) is 0.344. The smallest absolute Gasteiger partial charge is 0.223 e. The summed E-state index contributed by atoms with van der Waals surface area (Å²) in [6.07, 6.45) is 4.46. The quantitative estimate of drug-likeness (QED) is 0.294. The minimum atomic E-state index is 0. The Kier molecular flexibility index (Phi) is 6.94. The van der Waals surface area contributed by atoms with Gasteiger partial charge in [0.05, 0.1) is 13.2 Å². The number of amides is 1. The van der Waals surface area contributed by atoms with Crippen LogP contribution in [0.15, 0.2) is 4.99 Å². The molecule has 3 fully saturated rings. The van der Waals surface area contributed by atoms with E-state index in [1.165, 1.54) is 12.8 Å². The number of hydrogen-bond donors (Lipinski definition) is 2. The van der Waals surface area contributed by atoms with Gasteiger partial charge in [0.1, 0.15) is 0 Å². The molecule has 132 valence electrons. The first kappa shape index (κ1) is 18.8. The molecule has 1 atom stereocenters. The van der Waals surface area contributed by atoms with E-state index >= 15 is 0 Å². The van der Waals surface area contributed by atoms with Crippen molar-refractivity contribution in [1.29, 1.82) is 0 Å². The van der Waals surface area contributed by atoms with E-state index in [2.05, 4.69) is 27.4 Å². The number of likely N-dealkylation sites (tertiary alicyclic amines) is 1. The van der Waals surface area contributed by atoms with Crippen molar-refractivity contribution in [2.75, 3.05) is 45.9 Å². The number of carbonyl (C=O) groups excluding carboxylic acids is 1. The van der Waals surface area contributed by atoms with E-state index in [1.54, 1.807) is 0 Å². The Morgan fingerprint density at radius 2 is 2.17 bits per heavy atom. The molecule has 1 saturated carbocycles. The SMILES string of the molecule is CCNC(=NCCNC(=O)C1CC1)N1CCC2(CCOC2)C1.I. The lowest BCUT2D eigenvalue weighted by Crippen LogP contribution is -2.42. The van der Waals surface area contributed by atoms with Crippen molar-refractivity contribution < 1.29 is 9.53 Å². The molecule has 23 heavy (non-hydrogen) atoms. The molecule has 6 nitrogen and oxygen atoms in total. The van der Waals surface area contributed by atoms with Crippen LogP contribution in [0.2, 0.25) is 0 Å². The molecule has 2 heterocycles. The zero-order chi connectivity index (χ0) is 15.4. The fourth-order valence-electron chi connectivity index (χ4n) is 3.34. The standard InChI is InChI=1S/C16H28N4O2.HI/c1-2-17-15(19-8-7-18-14(21)13-3-4-13)20-9-5-16(11-20)6-10-22-12-16;/h13H,2-12H2,1H3,(H,17,19)(H,18,21);1H. The van der Waals surface area contributed by atoms with Crippen LogP contribution < -0.4 is 10.6 Å². The van der Waals surface area contributed by atoms with Crippen molar-refractivity contribution in [2.24, 2.45) is 16.3 Å². The van der Waals surface area contributed by atoms with Crippen LogP contribution in [0.1, 0.15) is 32.6 Å². The van der Waals surface area contributed by atoms with Gasteiger partial charge in [-0.1, -0.05) is 0 Å². The maximum Gasteiger partial charge on any atom is 0.223 e. The van der Waals surface area contributed by atoms with E-state index in [-0.39, 0.29) is 35.8 Å². The second-order valence-electron chi connectivity index (χ2n) is 6.78. The topological polar surface area (TPSA) is 66.0 Å². The normalized spacial score (nSPS) is 27.2. The van der Waals surface area contributed by atoms with Crippen LogP contribution in [0.5, 0.6) is 0 Å². The number of halogens is 1. The highest BCUT2D eigenvalue weighted by atomic mass is 127. The Labute approximate surface area is 155 Å². The Balaban J connectivity index is 0.00000192. The first-order chi connectivity index (χ1) is 10.7. The summed E-state index contributed by atoms with van der Waals surface area (Å²) < 4.78 is 5.59. The summed E-state index contributed by atoms with van der Waals surface area (Å²) in [7, 11) is 0. The van der Waals surface area contributed by atoms with E-state index in [0.717, 1.165) is 51.6 Å². The molecule has 0 bridgehead atoms. The van der Waals surface area contributed by atoms with Crippen molar-refractivity contribution in [1.82, 2.24) is 15.5 Å². The number of carbonyl (C=O) groups is 1. The monoisotopic (exact) mass is 436 g/mol. The van der Waals surface area contributed by atoms with Gasteiger partial charge >= 0.3 is 0 Å². The molecule has 2 N–H and O–H groups in total. The minimum absolute atomic E-state index is 0. The lowest BCUT2D eigenvalue weighted by molar-refractivity contribution is -0.122. The minimum Gasteiger partial charge on any atom is -0.381 e. The van der Waals surface area contributed by atoms with Crippen molar-refractivity contribution >= 4 is 35.8 Å². The lowest BCUT2D eigenvalue weighted by Gasteiger charge is -2.25. The maximum atomic E-state index is 11.6. The van der Waals surface area contributed by atoms with Crippen LogP contribution in [0.3, 0.4) is 0 Å². The summed E-state index contributed by atoms with van der Waals surface area (Å²) in [4.78, 5) is 18.6. The Morgan fingerprint density at radius 3 is 2.83 bits per heavy atom. The van der Waals surface area contributed by atoms with Gasteiger partial charge in [-0.25, -0.2) is 0 Å². The molecule has 1 amide bonds. The number of nitrogens with one attached hydrogen (secondary N) is 2. The number of nitrogens with zero attached hydrogens (tertiary/aromatic N) is 2. The van der Waals surface area contributed by atoms with Crippen LogP contribution in [0.25, 0.3) is 0 Å². The second-order valence-corrected chi connectivity index (χ2v) is 6.78. The van der Waals surface area contributed by atoms with Crippen LogP contribution in [-0.4, -0.2) is 62.7 Å². The molecule has 0 radical (unpaired) electrons. The van der Waals surface area contributed by atoms with Crippen LogP contribution in [0.4, 0.5) is 0 Å². The number of ether oxygens (including phenoxy) is 1. The molecule has 3 aliphatic rings. The van der Waals surface area contributed by atoms with Gasteiger partial charge in [-0.15, -0.1) is 24.0 Å². The Bertz CT molecular complexity index is 434.